The molecule has 0 aromatic carbocycles. The Bertz CT molecular complexity index is 1130. The quantitative estimate of drug-likeness (QED) is 0.567. The van der Waals surface area contributed by atoms with Crippen LogP contribution in [-0.4, -0.2) is 39.1 Å². The van der Waals surface area contributed by atoms with E-state index >= 15 is 0 Å². The summed E-state index contributed by atoms with van der Waals surface area (Å²) in [6, 6.07) is 4.11. The van der Waals surface area contributed by atoms with Gasteiger partial charge in [0.1, 0.15) is 5.69 Å². The summed E-state index contributed by atoms with van der Waals surface area (Å²) >= 11 is 0. The van der Waals surface area contributed by atoms with Gasteiger partial charge in [-0.15, -0.1) is 5.10 Å². The zero-order chi connectivity index (χ0) is 18.0. The third-order valence-electron chi connectivity index (χ3n) is 5.07. The fraction of sp³-hybridized carbons (Fsp3) is 0.389. The van der Waals surface area contributed by atoms with E-state index in [4.69, 9.17) is 5.10 Å². The van der Waals surface area contributed by atoms with Crippen molar-refractivity contribution in [3.8, 4) is 11.5 Å². The number of fused-ring (bicyclic) bond motifs is 1. The van der Waals surface area contributed by atoms with Gasteiger partial charge >= 0.3 is 0 Å². The molecule has 4 heterocycles. The second-order valence-electron chi connectivity index (χ2n) is 7.16. The molecule has 1 aliphatic rings. The Labute approximate surface area is 150 Å². The van der Waals surface area contributed by atoms with Crippen LogP contribution in [0.4, 0.5) is 0 Å². The van der Waals surface area contributed by atoms with E-state index in [2.05, 4.69) is 32.4 Å². The normalized spacial score (nSPS) is 19.4. The fourth-order valence-electron chi connectivity index (χ4n) is 3.68. The lowest BCUT2D eigenvalue weighted by Crippen LogP contribution is -1.98. The lowest BCUT2D eigenvalue weighted by molar-refractivity contribution is 0.742. The molecule has 0 saturated heterocycles. The predicted octanol–water partition coefficient (Wildman–Crippen LogP) is 2.15. The lowest BCUT2D eigenvalue weighted by Gasteiger charge is -1.97. The molecular formula is C18H20N8. The molecule has 0 aliphatic heterocycles. The second-order valence-corrected chi connectivity index (χ2v) is 7.16. The number of aromatic nitrogens is 8. The van der Waals surface area contributed by atoms with Crippen molar-refractivity contribution in [2.75, 3.05) is 0 Å². The van der Waals surface area contributed by atoms with Gasteiger partial charge in [0.15, 0.2) is 0 Å². The minimum Gasteiger partial charge on any atom is -0.276 e. The molecule has 0 bridgehead atoms. The molecule has 1 aliphatic carbocycles. The minimum atomic E-state index is 0.443. The molecule has 8 heteroatoms. The van der Waals surface area contributed by atoms with Crippen molar-refractivity contribution >= 4 is 5.78 Å². The van der Waals surface area contributed by atoms with E-state index < -0.39 is 0 Å². The molecular weight excluding hydrogens is 328 g/mol. The van der Waals surface area contributed by atoms with E-state index in [9.17, 15) is 0 Å². The van der Waals surface area contributed by atoms with Crippen LogP contribution in [0.1, 0.15) is 40.9 Å². The van der Waals surface area contributed by atoms with Crippen LogP contribution in [0.3, 0.4) is 0 Å². The number of rotatable bonds is 3. The highest BCUT2D eigenvalue weighted by molar-refractivity contribution is 5.54. The van der Waals surface area contributed by atoms with Gasteiger partial charge in [-0.25, -0.2) is 9.50 Å². The van der Waals surface area contributed by atoms with E-state index in [0.29, 0.717) is 23.4 Å². The minimum absolute atomic E-state index is 0.443. The van der Waals surface area contributed by atoms with Gasteiger partial charge in [0.25, 0.3) is 5.78 Å². The van der Waals surface area contributed by atoms with Crippen LogP contribution in [0, 0.1) is 13.8 Å². The Morgan fingerprint density at radius 3 is 2.65 bits per heavy atom. The number of hydrogen-bond acceptors (Lipinski definition) is 5. The van der Waals surface area contributed by atoms with Crippen molar-refractivity contribution < 1.29 is 0 Å². The van der Waals surface area contributed by atoms with Crippen molar-refractivity contribution in [3.05, 3.63) is 47.2 Å². The summed E-state index contributed by atoms with van der Waals surface area (Å²) in [6.45, 7) is 3.98. The van der Waals surface area contributed by atoms with Gasteiger partial charge < -0.3 is 0 Å². The zero-order valence-electron chi connectivity index (χ0n) is 15.2. The molecule has 8 nitrogen and oxygen atoms in total. The third kappa shape index (κ3) is 2.33. The Morgan fingerprint density at radius 1 is 1.04 bits per heavy atom. The molecule has 132 valence electrons. The van der Waals surface area contributed by atoms with Crippen LogP contribution in [0.5, 0.6) is 0 Å². The summed E-state index contributed by atoms with van der Waals surface area (Å²) < 4.78 is 5.50. The molecule has 1 saturated carbocycles. The van der Waals surface area contributed by atoms with Crippen LogP contribution in [-0.2, 0) is 14.1 Å². The molecule has 0 spiro atoms. The lowest BCUT2D eigenvalue weighted by atomic mass is 10.1. The van der Waals surface area contributed by atoms with E-state index in [1.165, 1.54) is 5.56 Å². The van der Waals surface area contributed by atoms with Gasteiger partial charge in [0.05, 0.1) is 11.9 Å². The standard InChI is InChI=1S/C18H20N8/c1-10-5-11(2)26-18(20-10)21-17(23-26)16-7-15(22-25(16)4)14-6-13(14)12-8-19-24(3)9-12/h5,7-9,13-14H,6H2,1-4H3/t13?,14-/m1/s1. The fourth-order valence-corrected chi connectivity index (χ4v) is 3.68. The Kier molecular flexibility index (Phi) is 3.07. The maximum atomic E-state index is 4.72. The number of aryl methyl sites for hydroxylation is 4. The monoisotopic (exact) mass is 348 g/mol. The van der Waals surface area contributed by atoms with E-state index in [0.717, 1.165) is 29.2 Å². The summed E-state index contributed by atoms with van der Waals surface area (Å²) in [5.41, 5.74) is 5.26. The topological polar surface area (TPSA) is 78.7 Å². The highest BCUT2D eigenvalue weighted by Gasteiger charge is 2.42. The Morgan fingerprint density at radius 2 is 1.88 bits per heavy atom. The highest BCUT2D eigenvalue weighted by Crippen LogP contribution is 2.54. The molecule has 26 heavy (non-hydrogen) atoms. The molecule has 1 fully saturated rings. The number of nitrogens with zero attached hydrogens (tertiary/aromatic N) is 8. The van der Waals surface area contributed by atoms with Gasteiger partial charge in [0, 0.05) is 37.6 Å². The maximum absolute atomic E-state index is 4.72. The van der Waals surface area contributed by atoms with Crippen LogP contribution in [0.2, 0.25) is 0 Å². The summed E-state index contributed by atoms with van der Waals surface area (Å²) in [5, 5.41) is 13.6. The van der Waals surface area contributed by atoms with Crippen molar-refractivity contribution in [2.24, 2.45) is 14.1 Å². The maximum Gasteiger partial charge on any atom is 0.253 e. The molecule has 4 aromatic rings. The van der Waals surface area contributed by atoms with Crippen LogP contribution in [0.15, 0.2) is 24.5 Å². The third-order valence-corrected chi connectivity index (χ3v) is 5.07. The first-order valence-corrected chi connectivity index (χ1v) is 8.73. The van der Waals surface area contributed by atoms with Crippen molar-refractivity contribution in [1.29, 1.82) is 0 Å². The Hall–Kier alpha value is -3.03. The van der Waals surface area contributed by atoms with Gasteiger partial charge in [0.2, 0.25) is 5.82 Å². The summed E-state index contributed by atoms with van der Waals surface area (Å²) in [7, 11) is 3.89. The molecule has 0 radical (unpaired) electrons. The predicted molar refractivity (Wildman–Crippen MR) is 95.8 cm³/mol. The van der Waals surface area contributed by atoms with Gasteiger partial charge in [-0.2, -0.15) is 15.2 Å². The molecule has 2 atom stereocenters. The van der Waals surface area contributed by atoms with Crippen molar-refractivity contribution in [2.45, 2.75) is 32.1 Å². The van der Waals surface area contributed by atoms with Crippen LogP contribution < -0.4 is 0 Å². The smallest absolute Gasteiger partial charge is 0.253 e. The second kappa shape index (κ2) is 5.23. The first-order chi connectivity index (χ1) is 12.5. The molecule has 5 rings (SSSR count). The summed E-state index contributed by atoms with van der Waals surface area (Å²) in [5.74, 6) is 2.23. The average Bonchev–Trinajstić information content (AvgIpc) is 2.90. The van der Waals surface area contributed by atoms with Crippen LogP contribution >= 0.6 is 0 Å². The summed E-state index contributed by atoms with van der Waals surface area (Å²) in [6.07, 6.45) is 5.16. The van der Waals surface area contributed by atoms with Gasteiger partial charge in [-0.3, -0.25) is 9.36 Å². The molecule has 1 unspecified atom stereocenters. The SMILES string of the molecule is Cc1cc(C)n2nc(-c3cc([C@@H]4CC4c4cnn(C)c4)nn3C)nc2n1. The zero-order valence-corrected chi connectivity index (χ0v) is 15.2. The molecule has 4 aromatic heterocycles. The average molecular weight is 348 g/mol. The Balaban J connectivity index is 1.49. The van der Waals surface area contributed by atoms with Gasteiger partial charge in [-0.05, 0) is 43.9 Å². The largest absolute Gasteiger partial charge is 0.276 e. The molecule has 0 N–H and O–H groups in total. The highest BCUT2D eigenvalue weighted by atomic mass is 15.4. The first-order valence-electron chi connectivity index (χ1n) is 8.73. The van der Waals surface area contributed by atoms with Gasteiger partial charge in [-0.1, -0.05) is 0 Å². The summed E-state index contributed by atoms with van der Waals surface area (Å²) in [4.78, 5) is 9.08. The first kappa shape index (κ1) is 15.2. The van der Waals surface area contributed by atoms with E-state index in [1.54, 1.807) is 4.52 Å². The molecule has 0 amide bonds. The van der Waals surface area contributed by atoms with Crippen LogP contribution in [0.25, 0.3) is 17.3 Å². The number of hydrogen-bond donors (Lipinski definition) is 0. The van der Waals surface area contributed by atoms with Crippen molar-refractivity contribution in [3.63, 3.8) is 0 Å². The van der Waals surface area contributed by atoms with E-state index in [-0.39, 0.29) is 0 Å². The van der Waals surface area contributed by atoms with Crippen molar-refractivity contribution in [1.82, 2.24) is 39.1 Å². The van der Waals surface area contributed by atoms with E-state index in [1.807, 2.05) is 49.6 Å².